The van der Waals surface area contributed by atoms with Crippen molar-refractivity contribution in [3.8, 4) is 0 Å². The van der Waals surface area contributed by atoms with Crippen molar-refractivity contribution >= 4 is 17.5 Å². The molecule has 1 aromatic rings. The molecule has 0 aromatic heterocycles. The van der Waals surface area contributed by atoms with Crippen molar-refractivity contribution in [3.63, 3.8) is 0 Å². The van der Waals surface area contributed by atoms with Gasteiger partial charge in [-0.05, 0) is 42.5 Å². The highest BCUT2D eigenvalue weighted by Gasteiger charge is 2.40. The highest BCUT2D eigenvalue weighted by atomic mass is 32.2. The zero-order chi connectivity index (χ0) is 17.0. The van der Waals surface area contributed by atoms with E-state index in [0.717, 1.165) is 47.6 Å². The lowest BCUT2D eigenvalue weighted by atomic mass is 9.88. The van der Waals surface area contributed by atoms with Crippen LogP contribution in [-0.4, -0.2) is 49.7 Å². The van der Waals surface area contributed by atoms with Gasteiger partial charge in [-0.2, -0.15) is 11.8 Å². The Morgan fingerprint density at radius 1 is 1.33 bits per heavy atom. The lowest BCUT2D eigenvalue weighted by Gasteiger charge is -2.30. The number of likely N-dealkylation sites (N-methyl/N-ethyl adjacent to an activating group) is 1. The summed E-state index contributed by atoms with van der Waals surface area (Å²) in [5.74, 6) is 2.29. The van der Waals surface area contributed by atoms with Gasteiger partial charge in [-0.3, -0.25) is 0 Å². The smallest absolute Gasteiger partial charge is 0.145 e. The molecule has 6 heteroatoms. The topological polar surface area (TPSA) is 42.8 Å². The number of alkyl halides is 1. The minimum Gasteiger partial charge on any atom is -0.388 e. The van der Waals surface area contributed by atoms with Crippen LogP contribution in [0, 0.1) is 0 Å². The minimum atomic E-state index is -0.474. The number of halogens is 1. The third-order valence-electron chi connectivity index (χ3n) is 4.97. The quantitative estimate of drug-likeness (QED) is 0.853. The van der Waals surface area contributed by atoms with Gasteiger partial charge in [0.1, 0.15) is 12.3 Å². The molecule has 2 unspecified atom stereocenters. The summed E-state index contributed by atoms with van der Waals surface area (Å²) >= 11 is 1.99. The Hall–Kier alpha value is -1.11. The van der Waals surface area contributed by atoms with E-state index in [-0.39, 0.29) is 17.7 Å². The second-order valence-electron chi connectivity index (χ2n) is 6.43. The number of hydrogen-bond acceptors (Lipinski definition) is 5. The standard InChI is InChI=1S/C18H25FN2O2S/c1-20-16(12-19)17(22-2)14-5-3-13(4-6-14)15-11-18(23-21-15)7-9-24-10-8-18/h3-6,16-17,20H,7-12H2,1-2H3. The Morgan fingerprint density at radius 2 is 2.04 bits per heavy atom. The van der Waals surface area contributed by atoms with Crippen LogP contribution in [0.25, 0.3) is 0 Å². The second-order valence-corrected chi connectivity index (χ2v) is 7.65. The molecule has 24 heavy (non-hydrogen) atoms. The Labute approximate surface area is 147 Å². The molecule has 0 aliphatic carbocycles. The van der Waals surface area contributed by atoms with Crippen LogP contribution in [0.3, 0.4) is 0 Å². The molecular weight excluding hydrogens is 327 g/mol. The highest BCUT2D eigenvalue weighted by Crippen LogP contribution is 2.38. The lowest BCUT2D eigenvalue weighted by Crippen LogP contribution is -2.35. The summed E-state index contributed by atoms with van der Waals surface area (Å²) in [6, 6.07) is 7.70. The summed E-state index contributed by atoms with van der Waals surface area (Å²) in [6.45, 7) is -0.474. The maximum Gasteiger partial charge on any atom is 0.145 e. The maximum absolute atomic E-state index is 13.1. The van der Waals surface area contributed by atoms with Gasteiger partial charge in [-0.15, -0.1) is 0 Å². The molecule has 2 aliphatic heterocycles. The minimum absolute atomic E-state index is 0.0836. The molecule has 1 saturated heterocycles. The largest absolute Gasteiger partial charge is 0.388 e. The van der Waals surface area contributed by atoms with E-state index < -0.39 is 6.67 Å². The third kappa shape index (κ3) is 3.60. The Kier molecular flexibility index (Phi) is 5.79. The zero-order valence-corrected chi connectivity index (χ0v) is 15.1. The molecule has 0 saturated carbocycles. The first-order valence-electron chi connectivity index (χ1n) is 8.40. The van der Waals surface area contributed by atoms with Gasteiger partial charge in [0.25, 0.3) is 0 Å². The van der Waals surface area contributed by atoms with Gasteiger partial charge in [0.15, 0.2) is 0 Å². The zero-order valence-electron chi connectivity index (χ0n) is 14.3. The van der Waals surface area contributed by atoms with Gasteiger partial charge in [-0.1, -0.05) is 29.4 Å². The number of methoxy groups -OCH3 is 1. The first-order valence-corrected chi connectivity index (χ1v) is 9.56. The molecule has 1 fully saturated rings. The molecule has 4 nitrogen and oxygen atoms in total. The Balaban J connectivity index is 1.71. The van der Waals surface area contributed by atoms with Crippen LogP contribution in [0.4, 0.5) is 4.39 Å². The van der Waals surface area contributed by atoms with Gasteiger partial charge in [-0.25, -0.2) is 4.39 Å². The lowest BCUT2D eigenvalue weighted by molar-refractivity contribution is -0.0245. The van der Waals surface area contributed by atoms with Crippen LogP contribution in [0.1, 0.15) is 36.5 Å². The van der Waals surface area contributed by atoms with Crippen LogP contribution in [-0.2, 0) is 9.57 Å². The molecule has 3 rings (SSSR count). The monoisotopic (exact) mass is 352 g/mol. The van der Waals surface area contributed by atoms with Gasteiger partial charge in [0, 0.05) is 13.5 Å². The fraction of sp³-hybridized carbons (Fsp3) is 0.611. The van der Waals surface area contributed by atoms with E-state index in [1.807, 2.05) is 36.0 Å². The number of thioether (sulfide) groups is 1. The molecule has 1 spiro atoms. The van der Waals surface area contributed by atoms with E-state index >= 15 is 0 Å². The second kappa shape index (κ2) is 7.85. The molecule has 2 heterocycles. The molecule has 1 aromatic carbocycles. The van der Waals surface area contributed by atoms with Gasteiger partial charge >= 0.3 is 0 Å². The summed E-state index contributed by atoms with van der Waals surface area (Å²) < 4.78 is 18.6. The average Bonchev–Trinajstić information content (AvgIpc) is 3.03. The molecule has 0 amide bonds. The predicted molar refractivity (Wildman–Crippen MR) is 96.5 cm³/mol. The van der Waals surface area contributed by atoms with E-state index in [9.17, 15) is 4.39 Å². The van der Waals surface area contributed by atoms with Crippen molar-refractivity contribution in [1.29, 1.82) is 0 Å². The molecule has 0 radical (unpaired) electrons. The Morgan fingerprint density at radius 3 is 2.62 bits per heavy atom. The van der Waals surface area contributed by atoms with E-state index in [2.05, 4.69) is 10.5 Å². The van der Waals surface area contributed by atoms with Crippen molar-refractivity contribution in [2.45, 2.75) is 37.0 Å². The SMILES string of the molecule is CNC(CF)C(OC)c1ccc(C2=NOC3(CCSCC3)C2)cc1. The van der Waals surface area contributed by atoms with Crippen molar-refractivity contribution in [2.75, 3.05) is 32.3 Å². The molecule has 2 atom stereocenters. The van der Waals surface area contributed by atoms with Gasteiger partial charge in [0.2, 0.25) is 0 Å². The number of hydrogen-bond donors (Lipinski definition) is 1. The maximum atomic E-state index is 13.1. The fourth-order valence-corrected chi connectivity index (χ4v) is 4.63. The van der Waals surface area contributed by atoms with Crippen molar-refractivity contribution in [2.24, 2.45) is 5.16 Å². The van der Waals surface area contributed by atoms with Crippen LogP contribution < -0.4 is 5.32 Å². The number of nitrogens with zero attached hydrogens (tertiary/aromatic N) is 1. The van der Waals surface area contributed by atoms with Crippen LogP contribution >= 0.6 is 11.8 Å². The van der Waals surface area contributed by atoms with Gasteiger partial charge < -0.3 is 14.9 Å². The van der Waals surface area contributed by atoms with Crippen LogP contribution in [0.2, 0.25) is 0 Å². The highest BCUT2D eigenvalue weighted by molar-refractivity contribution is 7.99. The number of benzene rings is 1. The van der Waals surface area contributed by atoms with E-state index in [1.54, 1.807) is 14.2 Å². The van der Waals surface area contributed by atoms with Crippen molar-refractivity contribution in [1.82, 2.24) is 5.32 Å². The molecule has 0 bridgehead atoms. The average molecular weight is 352 g/mol. The number of ether oxygens (including phenoxy) is 1. The van der Waals surface area contributed by atoms with Crippen molar-refractivity contribution < 1.29 is 14.0 Å². The summed E-state index contributed by atoms with van der Waals surface area (Å²) in [6.07, 6.45) is 2.70. The fourth-order valence-electron chi connectivity index (χ4n) is 3.40. The third-order valence-corrected chi connectivity index (χ3v) is 5.96. The van der Waals surface area contributed by atoms with Crippen LogP contribution in [0.5, 0.6) is 0 Å². The number of rotatable bonds is 6. The first-order chi connectivity index (χ1) is 11.7. The summed E-state index contributed by atoms with van der Waals surface area (Å²) in [5, 5.41) is 7.31. The van der Waals surface area contributed by atoms with E-state index in [0.29, 0.717) is 0 Å². The Bertz CT molecular complexity index is 569. The van der Waals surface area contributed by atoms with Gasteiger partial charge in [0.05, 0.1) is 17.9 Å². The molecule has 2 aliphatic rings. The number of nitrogens with one attached hydrogen (secondary N) is 1. The number of oxime groups is 1. The first kappa shape index (κ1) is 17.7. The summed E-state index contributed by atoms with van der Waals surface area (Å²) in [5.41, 5.74) is 2.96. The predicted octanol–water partition coefficient (Wildman–Crippen LogP) is 3.32. The molecule has 1 N–H and O–H groups in total. The van der Waals surface area contributed by atoms with Crippen molar-refractivity contribution in [3.05, 3.63) is 35.4 Å². The molecule has 132 valence electrons. The van der Waals surface area contributed by atoms with E-state index in [4.69, 9.17) is 9.57 Å². The summed E-state index contributed by atoms with van der Waals surface area (Å²) in [4.78, 5) is 5.81. The van der Waals surface area contributed by atoms with E-state index in [1.165, 1.54) is 0 Å². The van der Waals surface area contributed by atoms with Crippen LogP contribution in [0.15, 0.2) is 29.4 Å². The summed E-state index contributed by atoms with van der Waals surface area (Å²) in [7, 11) is 3.36. The molecular formula is C18H25FN2O2S. The normalized spacial score (nSPS) is 22.0.